The second-order valence-corrected chi connectivity index (χ2v) is 4.91. The van der Waals surface area contributed by atoms with E-state index >= 15 is 0 Å². The Kier molecular flexibility index (Phi) is 2.21. The highest BCUT2D eigenvalue weighted by molar-refractivity contribution is 6.20. The predicted octanol–water partition coefficient (Wildman–Crippen LogP) is 4.31. The minimum absolute atomic E-state index is 0.336. The number of hydrogen-bond acceptors (Lipinski definition) is 1. The van der Waals surface area contributed by atoms with Crippen LogP contribution in [0.3, 0.4) is 0 Å². The van der Waals surface area contributed by atoms with Crippen LogP contribution in [0.15, 0.2) is 34.7 Å². The maximum Gasteiger partial charge on any atom is 0.134 e. The van der Waals surface area contributed by atoms with Crippen molar-refractivity contribution in [2.45, 2.75) is 30.6 Å². The first-order valence-corrected chi connectivity index (χ1v) is 5.89. The molecule has 1 heterocycles. The Hall–Kier alpha value is -0.950. The zero-order valence-electron chi connectivity index (χ0n) is 8.45. The Morgan fingerprint density at radius 3 is 2.80 bits per heavy atom. The van der Waals surface area contributed by atoms with Crippen LogP contribution in [0.1, 0.15) is 30.9 Å². The summed E-state index contributed by atoms with van der Waals surface area (Å²) in [4.78, 5) is 0. The average molecular weight is 221 g/mol. The van der Waals surface area contributed by atoms with E-state index in [0.717, 1.165) is 30.6 Å². The van der Waals surface area contributed by atoms with E-state index in [9.17, 15) is 0 Å². The van der Waals surface area contributed by atoms with Gasteiger partial charge in [-0.3, -0.25) is 0 Å². The highest BCUT2D eigenvalue weighted by Crippen LogP contribution is 2.39. The predicted molar refractivity (Wildman–Crippen MR) is 62.4 cm³/mol. The molecular weight excluding hydrogens is 208 g/mol. The molecule has 1 fully saturated rings. The molecule has 0 spiro atoms. The lowest BCUT2D eigenvalue weighted by molar-refractivity contribution is 0.494. The van der Waals surface area contributed by atoms with E-state index < -0.39 is 0 Å². The summed E-state index contributed by atoms with van der Waals surface area (Å²) in [6.07, 6.45) is 3.33. The van der Waals surface area contributed by atoms with E-state index in [1.165, 1.54) is 5.39 Å². The van der Waals surface area contributed by atoms with Crippen molar-refractivity contribution >= 4 is 22.6 Å². The normalized spacial score (nSPS) is 26.2. The van der Waals surface area contributed by atoms with Gasteiger partial charge in [-0.2, -0.15) is 0 Å². The van der Waals surface area contributed by atoms with Crippen LogP contribution < -0.4 is 0 Å². The Labute approximate surface area is 94.0 Å². The number of halogens is 1. The van der Waals surface area contributed by atoms with Gasteiger partial charge in [-0.25, -0.2) is 0 Å². The fraction of sp³-hybridized carbons (Fsp3) is 0.385. The van der Waals surface area contributed by atoms with Gasteiger partial charge in [-0.1, -0.05) is 18.2 Å². The molecule has 2 atom stereocenters. The minimum Gasteiger partial charge on any atom is -0.461 e. The van der Waals surface area contributed by atoms with Gasteiger partial charge in [0.1, 0.15) is 11.3 Å². The van der Waals surface area contributed by atoms with Gasteiger partial charge in [-0.15, -0.1) is 11.6 Å². The maximum atomic E-state index is 6.11. The Bertz CT molecular complexity index is 441. The molecule has 0 aliphatic heterocycles. The molecule has 78 valence electrons. The van der Waals surface area contributed by atoms with Gasteiger partial charge in [0.15, 0.2) is 0 Å². The van der Waals surface area contributed by atoms with Crippen molar-refractivity contribution < 1.29 is 4.42 Å². The van der Waals surface area contributed by atoms with Crippen molar-refractivity contribution in [2.24, 2.45) is 0 Å². The van der Waals surface area contributed by atoms with E-state index in [1.54, 1.807) is 0 Å². The quantitative estimate of drug-likeness (QED) is 0.653. The van der Waals surface area contributed by atoms with Crippen LogP contribution in [0.2, 0.25) is 0 Å². The maximum absolute atomic E-state index is 6.11. The summed E-state index contributed by atoms with van der Waals surface area (Å²) >= 11 is 6.11. The van der Waals surface area contributed by atoms with E-state index in [0.29, 0.717) is 11.3 Å². The zero-order valence-corrected chi connectivity index (χ0v) is 9.20. The first-order valence-electron chi connectivity index (χ1n) is 5.45. The molecule has 0 N–H and O–H groups in total. The number of rotatable bonds is 1. The lowest BCUT2D eigenvalue weighted by Gasteiger charge is -2.03. The molecule has 0 radical (unpaired) electrons. The van der Waals surface area contributed by atoms with Crippen LogP contribution in [-0.2, 0) is 0 Å². The molecule has 1 saturated carbocycles. The molecule has 0 bridgehead atoms. The van der Waals surface area contributed by atoms with Gasteiger partial charge in [0.2, 0.25) is 0 Å². The monoisotopic (exact) mass is 220 g/mol. The molecule has 0 amide bonds. The molecule has 2 unspecified atom stereocenters. The number of alkyl halides is 1. The van der Waals surface area contributed by atoms with E-state index in [-0.39, 0.29) is 0 Å². The summed E-state index contributed by atoms with van der Waals surface area (Å²) < 4.78 is 5.84. The molecule has 2 aromatic rings. The lowest BCUT2D eigenvalue weighted by atomic mass is 10.1. The second-order valence-electron chi connectivity index (χ2n) is 4.29. The minimum atomic E-state index is 0.336. The molecule has 1 aliphatic carbocycles. The smallest absolute Gasteiger partial charge is 0.134 e. The summed E-state index contributed by atoms with van der Waals surface area (Å²) in [6, 6.07) is 10.3. The summed E-state index contributed by atoms with van der Waals surface area (Å²) in [5.74, 6) is 1.64. The highest BCUT2D eigenvalue weighted by atomic mass is 35.5. The van der Waals surface area contributed by atoms with Gasteiger partial charge in [0.25, 0.3) is 0 Å². The van der Waals surface area contributed by atoms with Crippen molar-refractivity contribution in [1.29, 1.82) is 0 Å². The molecular formula is C13H13ClO. The van der Waals surface area contributed by atoms with Crippen LogP contribution in [0.4, 0.5) is 0 Å². The van der Waals surface area contributed by atoms with Crippen molar-refractivity contribution in [3.8, 4) is 0 Å². The van der Waals surface area contributed by atoms with E-state index in [4.69, 9.17) is 16.0 Å². The van der Waals surface area contributed by atoms with Crippen molar-refractivity contribution in [2.75, 3.05) is 0 Å². The van der Waals surface area contributed by atoms with Gasteiger partial charge in [-0.05, 0) is 31.4 Å². The Morgan fingerprint density at radius 2 is 2.07 bits per heavy atom. The van der Waals surface area contributed by atoms with Gasteiger partial charge in [0.05, 0.1) is 0 Å². The third-order valence-corrected chi connectivity index (χ3v) is 3.61. The Morgan fingerprint density at radius 1 is 1.20 bits per heavy atom. The third-order valence-electron chi connectivity index (χ3n) is 3.22. The lowest BCUT2D eigenvalue weighted by Crippen LogP contribution is -1.91. The van der Waals surface area contributed by atoms with Crippen LogP contribution in [-0.4, -0.2) is 5.38 Å². The molecule has 1 nitrogen and oxygen atoms in total. The van der Waals surface area contributed by atoms with Crippen molar-refractivity contribution in [3.05, 3.63) is 36.1 Å². The summed E-state index contributed by atoms with van der Waals surface area (Å²) in [6.45, 7) is 0. The molecule has 0 saturated heterocycles. The topological polar surface area (TPSA) is 13.1 Å². The standard InChI is InChI=1S/C13H13ClO/c14-11-6-5-10(7-11)13-8-9-3-1-2-4-12(9)15-13/h1-4,8,10-11H,5-7H2. The number of para-hydroxylation sites is 1. The molecule has 1 aromatic carbocycles. The largest absolute Gasteiger partial charge is 0.461 e. The van der Waals surface area contributed by atoms with E-state index in [1.807, 2.05) is 18.2 Å². The number of benzene rings is 1. The first-order chi connectivity index (χ1) is 7.33. The second kappa shape index (κ2) is 3.57. The highest BCUT2D eigenvalue weighted by Gasteiger charge is 2.26. The SMILES string of the molecule is ClC1CCC(c2cc3ccccc3o2)C1. The molecule has 2 heteroatoms. The molecule has 1 aliphatic rings. The van der Waals surface area contributed by atoms with Crippen LogP contribution in [0.5, 0.6) is 0 Å². The number of fused-ring (bicyclic) bond motifs is 1. The van der Waals surface area contributed by atoms with Crippen LogP contribution >= 0.6 is 11.6 Å². The summed E-state index contributed by atoms with van der Waals surface area (Å²) in [5.41, 5.74) is 0.991. The summed E-state index contributed by atoms with van der Waals surface area (Å²) in [7, 11) is 0. The zero-order chi connectivity index (χ0) is 10.3. The Balaban J connectivity index is 1.98. The fourth-order valence-corrected chi connectivity index (χ4v) is 2.73. The number of furan rings is 1. The average Bonchev–Trinajstić information content (AvgIpc) is 2.82. The molecule has 1 aromatic heterocycles. The molecule has 3 rings (SSSR count). The van der Waals surface area contributed by atoms with Crippen LogP contribution in [0, 0.1) is 0 Å². The fourth-order valence-electron chi connectivity index (χ4n) is 2.39. The molecule has 15 heavy (non-hydrogen) atoms. The summed E-state index contributed by atoms with van der Waals surface area (Å²) in [5, 5.41) is 1.54. The third kappa shape index (κ3) is 1.65. The van der Waals surface area contributed by atoms with Gasteiger partial charge < -0.3 is 4.42 Å². The number of hydrogen-bond donors (Lipinski definition) is 0. The van der Waals surface area contributed by atoms with Gasteiger partial charge in [0, 0.05) is 16.7 Å². The van der Waals surface area contributed by atoms with E-state index in [2.05, 4.69) is 12.1 Å². The van der Waals surface area contributed by atoms with Crippen molar-refractivity contribution in [3.63, 3.8) is 0 Å². The van der Waals surface area contributed by atoms with Gasteiger partial charge >= 0.3 is 0 Å². The first kappa shape index (κ1) is 9.29. The van der Waals surface area contributed by atoms with Crippen molar-refractivity contribution in [1.82, 2.24) is 0 Å². The van der Waals surface area contributed by atoms with Crippen LogP contribution in [0.25, 0.3) is 11.0 Å².